The fraction of sp³-hybridized carbons (Fsp3) is 0.333. The van der Waals surface area contributed by atoms with Gasteiger partial charge in [-0.05, 0) is 69.2 Å². The van der Waals surface area contributed by atoms with Crippen molar-refractivity contribution in [1.29, 1.82) is 0 Å². The highest BCUT2D eigenvalue weighted by Gasteiger charge is 2.18. The topological polar surface area (TPSA) is 95.6 Å². The Morgan fingerprint density at radius 1 is 1.03 bits per heavy atom. The SMILES string of the molecule is Cc1ccc(C)c(S(=O)(=O)Nc2ccc(C(=O)N(C)CC(=O)NC(C)C)cc2)c1. The van der Waals surface area contributed by atoms with Crippen molar-refractivity contribution >= 4 is 27.5 Å². The van der Waals surface area contributed by atoms with Gasteiger partial charge in [-0.1, -0.05) is 12.1 Å². The third-order valence-corrected chi connectivity index (χ3v) is 5.72. The molecule has 0 spiro atoms. The summed E-state index contributed by atoms with van der Waals surface area (Å²) in [4.78, 5) is 25.8. The molecule has 0 fully saturated rings. The van der Waals surface area contributed by atoms with E-state index in [2.05, 4.69) is 10.0 Å². The third-order valence-electron chi connectivity index (χ3n) is 4.19. The van der Waals surface area contributed by atoms with E-state index in [9.17, 15) is 18.0 Å². The highest BCUT2D eigenvalue weighted by atomic mass is 32.2. The molecule has 0 heterocycles. The van der Waals surface area contributed by atoms with E-state index in [-0.39, 0.29) is 29.3 Å². The summed E-state index contributed by atoms with van der Waals surface area (Å²) in [5.74, 6) is -0.568. The van der Waals surface area contributed by atoms with Crippen LogP contribution in [0.1, 0.15) is 35.3 Å². The Morgan fingerprint density at radius 2 is 1.66 bits per heavy atom. The van der Waals surface area contributed by atoms with Gasteiger partial charge in [0, 0.05) is 24.3 Å². The number of nitrogens with zero attached hydrogens (tertiary/aromatic N) is 1. The summed E-state index contributed by atoms with van der Waals surface area (Å²) in [7, 11) is -2.20. The van der Waals surface area contributed by atoms with Crippen molar-refractivity contribution in [1.82, 2.24) is 10.2 Å². The normalized spacial score (nSPS) is 11.2. The summed E-state index contributed by atoms with van der Waals surface area (Å²) in [5.41, 5.74) is 2.21. The van der Waals surface area contributed by atoms with Crippen molar-refractivity contribution in [3.05, 3.63) is 59.2 Å². The van der Waals surface area contributed by atoms with E-state index in [1.54, 1.807) is 26.1 Å². The van der Waals surface area contributed by atoms with E-state index in [4.69, 9.17) is 0 Å². The maximum Gasteiger partial charge on any atom is 0.262 e. The first-order valence-electron chi connectivity index (χ1n) is 9.24. The van der Waals surface area contributed by atoms with Gasteiger partial charge in [-0.3, -0.25) is 14.3 Å². The van der Waals surface area contributed by atoms with Crippen LogP contribution in [0, 0.1) is 13.8 Å². The van der Waals surface area contributed by atoms with Crippen molar-refractivity contribution in [3.8, 4) is 0 Å². The summed E-state index contributed by atoms with van der Waals surface area (Å²) >= 11 is 0. The predicted octanol–water partition coefficient (Wildman–Crippen LogP) is 2.70. The zero-order valence-electron chi connectivity index (χ0n) is 17.3. The maximum atomic E-state index is 12.7. The molecule has 0 unspecified atom stereocenters. The lowest BCUT2D eigenvalue weighted by molar-refractivity contribution is -0.122. The van der Waals surface area contributed by atoms with Gasteiger partial charge in [-0.15, -0.1) is 0 Å². The van der Waals surface area contributed by atoms with E-state index in [1.165, 1.54) is 29.2 Å². The molecule has 2 amide bonds. The molecule has 0 bridgehead atoms. The number of amides is 2. The zero-order chi connectivity index (χ0) is 21.8. The van der Waals surface area contributed by atoms with E-state index >= 15 is 0 Å². The molecule has 2 N–H and O–H groups in total. The zero-order valence-corrected chi connectivity index (χ0v) is 18.1. The second kappa shape index (κ2) is 9.09. The van der Waals surface area contributed by atoms with Crippen LogP contribution in [-0.4, -0.2) is 44.8 Å². The minimum Gasteiger partial charge on any atom is -0.352 e. The van der Waals surface area contributed by atoms with E-state index < -0.39 is 10.0 Å². The smallest absolute Gasteiger partial charge is 0.262 e. The lowest BCUT2D eigenvalue weighted by Gasteiger charge is -2.18. The first kappa shape index (κ1) is 22.4. The number of sulfonamides is 1. The largest absolute Gasteiger partial charge is 0.352 e. The summed E-state index contributed by atoms with van der Waals surface area (Å²) in [6.07, 6.45) is 0. The number of aryl methyl sites for hydroxylation is 2. The molecule has 0 aliphatic rings. The van der Waals surface area contributed by atoms with Gasteiger partial charge in [0.05, 0.1) is 11.4 Å². The van der Waals surface area contributed by atoms with Crippen LogP contribution in [0.5, 0.6) is 0 Å². The van der Waals surface area contributed by atoms with Crippen LogP contribution in [0.15, 0.2) is 47.4 Å². The van der Waals surface area contributed by atoms with Gasteiger partial charge in [0.25, 0.3) is 15.9 Å². The fourth-order valence-electron chi connectivity index (χ4n) is 2.76. The second-order valence-electron chi connectivity index (χ2n) is 7.34. The number of hydrogen-bond acceptors (Lipinski definition) is 4. The molecule has 0 aromatic heterocycles. The minimum absolute atomic E-state index is 0.00431. The lowest BCUT2D eigenvalue weighted by atomic mass is 10.2. The molecule has 156 valence electrons. The fourth-order valence-corrected chi connectivity index (χ4v) is 4.15. The number of carbonyl (C=O) groups is 2. The molecule has 0 aliphatic carbocycles. The Labute approximate surface area is 172 Å². The lowest BCUT2D eigenvalue weighted by Crippen LogP contribution is -2.40. The summed E-state index contributed by atoms with van der Waals surface area (Å²) in [6, 6.07) is 11.3. The summed E-state index contributed by atoms with van der Waals surface area (Å²) in [6.45, 7) is 7.20. The highest BCUT2D eigenvalue weighted by Crippen LogP contribution is 2.21. The summed E-state index contributed by atoms with van der Waals surface area (Å²) in [5, 5.41) is 2.73. The molecule has 8 heteroatoms. The third kappa shape index (κ3) is 6.05. The quantitative estimate of drug-likeness (QED) is 0.724. The molecule has 7 nitrogen and oxygen atoms in total. The molecular weight excluding hydrogens is 390 g/mol. The van der Waals surface area contributed by atoms with E-state index in [0.717, 1.165) is 5.56 Å². The molecule has 2 aromatic rings. The number of likely N-dealkylation sites (N-methyl/N-ethyl adjacent to an activating group) is 1. The molecule has 2 rings (SSSR count). The van der Waals surface area contributed by atoms with Gasteiger partial charge in [-0.2, -0.15) is 0 Å². The molecule has 29 heavy (non-hydrogen) atoms. The van der Waals surface area contributed by atoms with E-state index in [0.29, 0.717) is 16.8 Å². The van der Waals surface area contributed by atoms with Gasteiger partial charge in [0.2, 0.25) is 5.91 Å². The van der Waals surface area contributed by atoms with E-state index in [1.807, 2.05) is 26.8 Å². The van der Waals surface area contributed by atoms with Crippen LogP contribution in [0.4, 0.5) is 5.69 Å². The summed E-state index contributed by atoms with van der Waals surface area (Å²) < 4.78 is 27.9. The van der Waals surface area contributed by atoms with Crippen molar-refractivity contribution in [2.75, 3.05) is 18.3 Å². The number of benzene rings is 2. The Kier molecular flexibility index (Phi) is 7.02. The van der Waals surface area contributed by atoms with Crippen molar-refractivity contribution in [3.63, 3.8) is 0 Å². The van der Waals surface area contributed by atoms with Crippen LogP contribution in [0.25, 0.3) is 0 Å². The number of anilines is 1. The Bertz CT molecular complexity index is 999. The molecule has 0 aliphatic heterocycles. The number of rotatable bonds is 7. The number of nitrogens with one attached hydrogen (secondary N) is 2. The Balaban J connectivity index is 2.10. The van der Waals surface area contributed by atoms with Crippen LogP contribution >= 0.6 is 0 Å². The Morgan fingerprint density at radius 3 is 2.24 bits per heavy atom. The monoisotopic (exact) mass is 417 g/mol. The average Bonchev–Trinajstić information content (AvgIpc) is 2.62. The van der Waals surface area contributed by atoms with Crippen LogP contribution in [0.3, 0.4) is 0 Å². The van der Waals surface area contributed by atoms with Gasteiger partial charge in [0.15, 0.2) is 0 Å². The van der Waals surface area contributed by atoms with Crippen LogP contribution < -0.4 is 10.0 Å². The van der Waals surface area contributed by atoms with Gasteiger partial charge < -0.3 is 10.2 Å². The standard InChI is InChI=1S/C21H27N3O4S/c1-14(2)22-20(25)13-24(5)21(26)17-8-10-18(11-9-17)23-29(27,28)19-12-15(3)6-7-16(19)4/h6-12,14,23H,13H2,1-5H3,(H,22,25). The maximum absolute atomic E-state index is 12.7. The second-order valence-corrected chi connectivity index (χ2v) is 8.99. The molecule has 0 saturated heterocycles. The van der Waals surface area contributed by atoms with Gasteiger partial charge in [-0.25, -0.2) is 8.42 Å². The number of hydrogen-bond donors (Lipinski definition) is 2. The predicted molar refractivity (Wildman–Crippen MR) is 113 cm³/mol. The van der Waals surface area contributed by atoms with Crippen molar-refractivity contribution < 1.29 is 18.0 Å². The highest BCUT2D eigenvalue weighted by molar-refractivity contribution is 7.92. The Hall–Kier alpha value is -2.87. The van der Waals surface area contributed by atoms with Crippen LogP contribution in [-0.2, 0) is 14.8 Å². The molecule has 0 saturated carbocycles. The van der Waals surface area contributed by atoms with Crippen molar-refractivity contribution in [2.24, 2.45) is 0 Å². The molecular formula is C21H27N3O4S. The first-order chi connectivity index (χ1) is 13.5. The van der Waals surface area contributed by atoms with Gasteiger partial charge >= 0.3 is 0 Å². The number of carbonyl (C=O) groups excluding carboxylic acids is 2. The molecule has 0 radical (unpaired) electrons. The van der Waals surface area contributed by atoms with Gasteiger partial charge in [0.1, 0.15) is 0 Å². The first-order valence-corrected chi connectivity index (χ1v) is 10.7. The minimum atomic E-state index is -3.74. The van der Waals surface area contributed by atoms with Crippen LogP contribution in [0.2, 0.25) is 0 Å². The van der Waals surface area contributed by atoms with Crippen molar-refractivity contribution in [2.45, 2.75) is 38.6 Å². The average molecular weight is 418 g/mol. The molecule has 0 atom stereocenters. The molecule has 2 aromatic carbocycles.